The van der Waals surface area contributed by atoms with Crippen molar-refractivity contribution in [2.75, 3.05) is 24.5 Å². The van der Waals surface area contributed by atoms with Crippen LogP contribution in [0, 0.1) is 0 Å². The molecule has 2 aliphatic heterocycles. The summed E-state index contributed by atoms with van der Waals surface area (Å²) in [5.74, 6) is 0.906. The minimum atomic E-state index is -0.442. The molecule has 136 valence electrons. The van der Waals surface area contributed by atoms with Gasteiger partial charge in [-0.25, -0.2) is 9.78 Å². The Morgan fingerprint density at radius 2 is 2.04 bits per heavy atom. The minimum absolute atomic E-state index is 0.0970. The smallest absolute Gasteiger partial charge is 0.315 e. The van der Waals surface area contributed by atoms with Gasteiger partial charge in [-0.15, -0.1) is 0 Å². The fourth-order valence-electron chi connectivity index (χ4n) is 3.30. The van der Waals surface area contributed by atoms with Crippen molar-refractivity contribution in [1.29, 1.82) is 0 Å². The second-order valence-electron chi connectivity index (χ2n) is 6.74. The van der Waals surface area contributed by atoms with E-state index in [9.17, 15) is 9.59 Å². The summed E-state index contributed by atoms with van der Waals surface area (Å²) in [5.41, 5.74) is 0.946. The normalized spacial score (nSPS) is 21.2. The standard InChI is InChI=1S/C18H27N5O2/c24-17-15(6-2-3-9-19-17)22-18(25)21-13-14-7-8-16(20-12-14)23-10-4-1-5-11-23/h7-8,12,15H,1-6,9-11,13H2,(H,19,24)(H2,21,22,25)/t15-/m0/s1. The third-order valence-corrected chi connectivity index (χ3v) is 4.78. The number of urea groups is 1. The van der Waals surface area contributed by atoms with Crippen molar-refractivity contribution in [2.45, 2.75) is 51.1 Å². The van der Waals surface area contributed by atoms with Crippen molar-refractivity contribution in [3.05, 3.63) is 23.9 Å². The fraction of sp³-hybridized carbons (Fsp3) is 0.611. The van der Waals surface area contributed by atoms with E-state index in [4.69, 9.17) is 0 Å². The first-order valence-corrected chi connectivity index (χ1v) is 9.24. The summed E-state index contributed by atoms with van der Waals surface area (Å²) in [7, 11) is 0. The van der Waals surface area contributed by atoms with Gasteiger partial charge in [0.15, 0.2) is 0 Å². The molecule has 0 unspecified atom stereocenters. The van der Waals surface area contributed by atoms with Crippen LogP contribution in [0.15, 0.2) is 18.3 Å². The topological polar surface area (TPSA) is 86.4 Å². The maximum absolute atomic E-state index is 12.0. The molecule has 0 aliphatic carbocycles. The van der Waals surface area contributed by atoms with Crippen LogP contribution in [-0.2, 0) is 11.3 Å². The van der Waals surface area contributed by atoms with Crippen LogP contribution in [0.5, 0.6) is 0 Å². The lowest BCUT2D eigenvalue weighted by molar-refractivity contribution is -0.122. The van der Waals surface area contributed by atoms with Crippen molar-refractivity contribution in [2.24, 2.45) is 0 Å². The molecule has 0 spiro atoms. The van der Waals surface area contributed by atoms with E-state index in [-0.39, 0.29) is 11.9 Å². The highest BCUT2D eigenvalue weighted by Gasteiger charge is 2.22. The number of nitrogens with zero attached hydrogens (tertiary/aromatic N) is 2. The van der Waals surface area contributed by atoms with Crippen molar-refractivity contribution in [3.8, 4) is 0 Å². The quantitative estimate of drug-likeness (QED) is 0.773. The summed E-state index contributed by atoms with van der Waals surface area (Å²) in [6.45, 7) is 3.22. The SMILES string of the molecule is O=C(NCc1ccc(N2CCCCC2)nc1)N[C@H]1CCCCNC1=O. The second-order valence-corrected chi connectivity index (χ2v) is 6.74. The van der Waals surface area contributed by atoms with Crippen LogP contribution in [0.2, 0.25) is 0 Å². The zero-order valence-corrected chi connectivity index (χ0v) is 14.6. The zero-order chi connectivity index (χ0) is 17.5. The molecule has 7 heteroatoms. The Balaban J connectivity index is 1.46. The van der Waals surface area contributed by atoms with Gasteiger partial charge in [0.2, 0.25) is 5.91 Å². The van der Waals surface area contributed by atoms with Gasteiger partial charge in [0.25, 0.3) is 0 Å². The molecule has 3 amide bonds. The average molecular weight is 345 g/mol. The summed E-state index contributed by atoms with van der Waals surface area (Å²) in [5, 5.41) is 8.37. The van der Waals surface area contributed by atoms with E-state index in [0.717, 1.165) is 37.3 Å². The largest absolute Gasteiger partial charge is 0.357 e. The molecule has 0 bridgehead atoms. The summed E-state index contributed by atoms with van der Waals surface area (Å²) in [4.78, 5) is 30.7. The van der Waals surface area contributed by atoms with Gasteiger partial charge in [0, 0.05) is 32.4 Å². The number of aromatic nitrogens is 1. The Hall–Kier alpha value is -2.31. The van der Waals surface area contributed by atoms with Crippen LogP contribution in [0.25, 0.3) is 0 Å². The Morgan fingerprint density at radius 3 is 2.80 bits per heavy atom. The first kappa shape index (κ1) is 17.5. The minimum Gasteiger partial charge on any atom is -0.357 e. The van der Waals surface area contributed by atoms with Crippen LogP contribution in [0.1, 0.15) is 44.1 Å². The molecule has 3 heterocycles. The van der Waals surface area contributed by atoms with Gasteiger partial charge in [-0.05, 0) is 50.2 Å². The van der Waals surface area contributed by atoms with Crippen LogP contribution < -0.4 is 20.9 Å². The summed E-state index contributed by atoms with van der Waals surface area (Å²) >= 11 is 0. The number of hydrogen-bond donors (Lipinski definition) is 3. The molecule has 3 N–H and O–H groups in total. The highest BCUT2D eigenvalue weighted by molar-refractivity contribution is 5.87. The van der Waals surface area contributed by atoms with Crippen LogP contribution in [0.4, 0.5) is 10.6 Å². The molecule has 2 aliphatic rings. The lowest BCUT2D eigenvalue weighted by atomic mass is 10.1. The molecule has 2 fully saturated rings. The molecule has 0 aromatic carbocycles. The van der Waals surface area contributed by atoms with E-state index in [2.05, 4.69) is 25.8 Å². The third kappa shape index (κ3) is 5.08. The predicted octanol–water partition coefficient (Wildman–Crippen LogP) is 1.54. The van der Waals surface area contributed by atoms with Gasteiger partial charge in [0.1, 0.15) is 11.9 Å². The molecule has 1 aromatic heterocycles. The number of piperidine rings is 1. The number of hydrogen-bond acceptors (Lipinski definition) is 4. The average Bonchev–Trinajstić information content (AvgIpc) is 2.86. The van der Waals surface area contributed by atoms with E-state index in [1.54, 1.807) is 0 Å². The van der Waals surface area contributed by atoms with Gasteiger partial charge in [-0.1, -0.05) is 6.07 Å². The highest BCUT2D eigenvalue weighted by atomic mass is 16.2. The Bertz CT molecular complexity index is 584. The summed E-state index contributed by atoms with van der Waals surface area (Å²) < 4.78 is 0. The van der Waals surface area contributed by atoms with Gasteiger partial charge >= 0.3 is 6.03 Å². The van der Waals surface area contributed by atoms with E-state index in [0.29, 0.717) is 19.5 Å². The van der Waals surface area contributed by atoms with Crippen molar-refractivity contribution in [3.63, 3.8) is 0 Å². The third-order valence-electron chi connectivity index (χ3n) is 4.78. The van der Waals surface area contributed by atoms with Crippen LogP contribution >= 0.6 is 0 Å². The van der Waals surface area contributed by atoms with E-state index >= 15 is 0 Å². The highest BCUT2D eigenvalue weighted by Crippen LogP contribution is 2.17. The number of anilines is 1. The van der Waals surface area contributed by atoms with Crippen molar-refractivity contribution < 1.29 is 9.59 Å². The molecule has 1 aromatic rings. The van der Waals surface area contributed by atoms with Crippen LogP contribution in [-0.4, -0.2) is 42.6 Å². The summed E-state index contributed by atoms with van der Waals surface area (Å²) in [6, 6.07) is 3.25. The van der Waals surface area contributed by atoms with Crippen molar-refractivity contribution in [1.82, 2.24) is 20.9 Å². The first-order valence-electron chi connectivity index (χ1n) is 9.24. The molecule has 1 atom stereocenters. The van der Waals surface area contributed by atoms with E-state index in [1.165, 1.54) is 19.3 Å². The Labute approximate surface area is 148 Å². The lowest BCUT2D eigenvalue weighted by Crippen LogP contribution is -2.48. The number of carbonyl (C=O) groups is 2. The van der Waals surface area contributed by atoms with Crippen molar-refractivity contribution >= 4 is 17.8 Å². The molecule has 0 saturated carbocycles. The van der Waals surface area contributed by atoms with Gasteiger partial charge in [0.05, 0.1) is 0 Å². The maximum atomic E-state index is 12.0. The molecule has 0 radical (unpaired) electrons. The Morgan fingerprint density at radius 1 is 1.20 bits per heavy atom. The monoisotopic (exact) mass is 345 g/mol. The molecular formula is C18H27N5O2. The van der Waals surface area contributed by atoms with Gasteiger partial charge in [-0.3, -0.25) is 4.79 Å². The summed E-state index contributed by atoms with van der Waals surface area (Å²) in [6.07, 6.45) is 8.13. The zero-order valence-electron chi connectivity index (χ0n) is 14.6. The Kier molecular flexibility index (Phi) is 6.09. The number of carbonyl (C=O) groups excluding carboxylic acids is 2. The molecule has 7 nitrogen and oxygen atoms in total. The first-order chi connectivity index (χ1) is 12.2. The van der Waals surface area contributed by atoms with Gasteiger partial charge in [-0.2, -0.15) is 0 Å². The molecule has 2 saturated heterocycles. The number of pyridine rings is 1. The number of rotatable bonds is 4. The number of nitrogens with one attached hydrogen (secondary N) is 3. The van der Waals surface area contributed by atoms with E-state index in [1.807, 2.05) is 18.3 Å². The predicted molar refractivity (Wildman–Crippen MR) is 96.3 cm³/mol. The fourth-order valence-corrected chi connectivity index (χ4v) is 3.30. The molecular weight excluding hydrogens is 318 g/mol. The second kappa shape index (κ2) is 8.69. The molecule has 25 heavy (non-hydrogen) atoms. The lowest BCUT2D eigenvalue weighted by Gasteiger charge is -2.27. The molecule has 3 rings (SSSR count). The van der Waals surface area contributed by atoms with Gasteiger partial charge < -0.3 is 20.9 Å². The maximum Gasteiger partial charge on any atom is 0.315 e. The van der Waals surface area contributed by atoms with Crippen LogP contribution in [0.3, 0.4) is 0 Å². The number of amides is 3. The van der Waals surface area contributed by atoms with E-state index < -0.39 is 6.04 Å².